The van der Waals surface area contributed by atoms with Crippen molar-refractivity contribution in [3.8, 4) is 0 Å². The molecule has 1 aromatic carbocycles. The van der Waals surface area contributed by atoms with Gasteiger partial charge in [0.15, 0.2) is 5.96 Å². The first-order valence-corrected chi connectivity index (χ1v) is 9.47. The van der Waals surface area contributed by atoms with E-state index in [1.54, 1.807) is 0 Å². The highest BCUT2D eigenvalue weighted by molar-refractivity contribution is 14.0. The third-order valence-corrected chi connectivity index (χ3v) is 6.30. The molecular weight excluding hydrogens is 441 g/mol. The van der Waals surface area contributed by atoms with Crippen LogP contribution < -0.4 is 10.6 Å². The van der Waals surface area contributed by atoms with Crippen LogP contribution in [-0.4, -0.2) is 37.1 Å². The monoisotopic (exact) mass is 465 g/mol. The summed E-state index contributed by atoms with van der Waals surface area (Å²) in [5, 5.41) is 8.52. The fraction of sp³-hybridized carbons (Fsp3) is 0.588. The van der Waals surface area contributed by atoms with E-state index in [0.29, 0.717) is 0 Å². The second-order valence-corrected chi connectivity index (χ2v) is 8.07. The summed E-state index contributed by atoms with van der Waals surface area (Å²) in [6, 6.07) is 8.29. The molecule has 6 heteroatoms. The van der Waals surface area contributed by atoms with Crippen LogP contribution in [0.5, 0.6) is 0 Å². The highest BCUT2D eigenvalue weighted by Gasteiger charge is 2.44. The van der Waals surface area contributed by atoms with E-state index in [1.807, 2.05) is 19.2 Å². The second kappa shape index (κ2) is 8.81. The minimum atomic E-state index is 0. The summed E-state index contributed by atoms with van der Waals surface area (Å²) in [6.07, 6.45) is 5.14. The summed E-state index contributed by atoms with van der Waals surface area (Å²) >= 11 is 8.06. The first-order valence-electron chi connectivity index (χ1n) is 8.04. The molecule has 0 radical (unpaired) electrons. The number of thioether (sulfide) groups is 1. The molecule has 3 rings (SSSR count). The predicted octanol–water partition coefficient (Wildman–Crippen LogP) is 4.05. The molecule has 1 aromatic rings. The van der Waals surface area contributed by atoms with Gasteiger partial charge in [-0.2, -0.15) is 11.8 Å². The Hall–Kier alpha value is -0.140. The molecule has 23 heavy (non-hydrogen) atoms. The van der Waals surface area contributed by atoms with E-state index >= 15 is 0 Å². The van der Waals surface area contributed by atoms with Crippen molar-refractivity contribution in [2.75, 3.05) is 25.9 Å². The molecule has 0 aromatic heterocycles. The van der Waals surface area contributed by atoms with Crippen molar-refractivity contribution in [2.45, 2.75) is 36.3 Å². The Morgan fingerprint density at radius 2 is 2.04 bits per heavy atom. The zero-order valence-corrected chi connectivity index (χ0v) is 17.4. The van der Waals surface area contributed by atoms with Crippen molar-refractivity contribution in [2.24, 2.45) is 4.99 Å². The first-order chi connectivity index (χ1) is 10.7. The summed E-state index contributed by atoms with van der Waals surface area (Å²) < 4.78 is 0. The first kappa shape index (κ1) is 19.2. The third-order valence-electron chi connectivity index (χ3n) is 4.65. The van der Waals surface area contributed by atoms with Crippen LogP contribution in [0.4, 0.5) is 0 Å². The van der Waals surface area contributed by atoms with Gasteiger partial charge in [0, 0.05) is 35.8 Å². The van der Waals surface area contributed by atoms with Crippen LogP contribution in [0.2, 0.25) is 5.02 Å². The molecule has 1 heterocycles. The summed E-state index contributed by atoms with van der Waals surface area (Å²) in [5.74, 6) is 2.23. The van der Waals surface area contributed by atoms with Gasteiger partial charge in [0.25, 0.3) is 0 Å². The maximum absolute atomic E-state index is 5.99. The van der Waals surface area contributed by atoms with Crippen molar-refractivity contribution >= 4 is 53.3 Å². The van der Waals surface area contributed by atoms with Crippen LogP contribution in [0.1, 0.15) is 31.2 Å². The Bertz CT molecular complexity index is 525. The van der Waals surface area contributed by atoms with E-state index in [0.717, 1.165) is 29.3 Å². The number of halogens is 2. The minimum absolute atomic E-state index is 0. The van der Waals surface area contributed by atoms with Gasteiger partial charge in [0.2, 0.25) is 0 Å². The Kier molecular flexibility index (Phi) is 7.35. The van der Waals surface area contributed by atoms with Crippen molar-refractivity contribution in [3.05, 3.63) is 34.9 Å². The number of nitrogens with one attached hydrogen (secondary N) is 2. The van der Waals surface area contributed by atoms with Gasteiger partial charge in [-0.3, -0.25) is 4.99 Å². The van der Waals surface area contributed by atoms with Gasteiger partial charge >= 0.3 is 0 Å². The van der Waals surface area contributed by atoms with Gasteiger partial charge in [-0.05, 0) is 49.1 Å². The normalized spacial score (nSPS) is 22.3. The topological polar surface area (TPSA) is 36.4 Å². The number of rotatable bonds is 5. The summed E-state index contributed by atoms with van der Waals surface area (Å²) in [6.45, 7) is 1.95. The van der Waals surface area contributed by atoms with Gasteiger partial charge < -0.3 is 10.6 Å². The lowest BCUT2D eigenvalue weighted by Gasteiger charge is -2.20. The number of benzene rings is 1. The highest BCUT2D eigenvalue weighted by atomic mass is 127. The average Bonchev–Trinajstić information content (AvgIpc) is 3.14. The van der Waals surface area contributed by atoms with E-state index < -0.39 is 0 Å². The Labute approximate surface area is 165 Å². The molecule has 2 aliphatic rings. The molecule has 3 nitrogen and oxygen atoms in total. The lowest BCUT2D eigenvalue weighted by Crippen LogP contribution is -2.43. The van der Waals surface area contributed by atoms with E-state index in [4.69, 9.17) is 11.6 Å². The maximum atomic E-state index is 5.99. The molecule has 2 N–H and O–H groups in total. The van der Waals surface area contributed by atoms with Crippen molar-refractivity contribution < 1.29 is 0 Å². The average molecular weight is 466 g/mol. The fourth-order valence-corrected chi connectivity index (χ4v) is 4.34. The third kappa shape index (κ3) is 5.16. The SMILES string of the molecule is CN=C(NCC1CCCS1)NCC1(c2ccc(Cl)cc2)CC1.I. The smallest absolute Gasteiger partial charge is 0.191 e. The summed E-state index contributed by atoms with van der Waals surface area (Å²) in [5.41, 5.74) is 1.65. The van der Waals surface area contributed by atoms with Crippen LogP contribution >= 0.6 is 47.3 Å². The van der Waals surface area contributed by atoms with Crippen molar-refractivity contribution in [1.82, 2.24) is 10.6 Å². The van der Waals surface area contributed by atoms with Gasteiger partial charge in [-0.1, -0.05) is 23.7 Å². The second-order valence-electron chi connectivity index (χ2n) is 6.23. The Morgan fingerprint density at radius 3 is 2.61 bits per heavy atom. The quantitative estimate of drug-likeness (QED) is 0.391. The molecule has 1 atom stereocenters. The molecule has 1 unspecified atom stereocenters. The fourth-order valence-electron chi connectivity index (χ4n) is 3.01. The molecule has 0 amide bonds. The summed E-state index contributed by atoms with van der Waals surface area (Å²) in [7, 11) is 1.85. The Balaban J connectivity index is 0.00000192. The minimum Gasteiger partial charge on any atom is -0.356 e. The van der Waals surface area contributed by atoms with Crippen LogP contribution in [0.15, 0.2) is 29.3 Å². The van der Waals surface area contributed by atoms with E-state index in [-0.39, 0.29) is 29.4 Å². The molecule has 1 aliphatic heterocycles. The van der Waals surface area contributed by atoms with Crippen molar-refractivity contribution in [1.29, 1.82) is 0 Å². The number of hydrogen-bond acceptors (Lipinski definition) is 2. The number of hydrogen-bond donors (Lipinski definition) is 2. The zero-order chi connectivity index (χ0) is 15.4. The standard InChI is InChI=1S/C17H24ClN3S.HI/c1-19-16(20-11-15-3-2-10-22-15)21-12-17(8-9-17)13-4-6-14(18)7-5-13;/h4-7,15H,2-3,8-12H2,1H3,(H2,19,20,21);1H. The zero-order valence-electron chi connectivity index (χ0n) is 13.5. The predicted molar refractivity (Wildman–Crippen MR) is 113 cm³/mol. The van der Waals surface area contributed by atoms with Gasteiger partial charge in [-0.15, -0.1) is 24.0 Å². The van der Waals surface area contributed by atoms with Gasteiger partial charge in [-0.25, -0.2) is 0 Å². The molecule has 1 aliphatic carbocycles. The Morgan fingerprint density at radius 1 is 1.30 bits per heavy atom. The van der Waals surface area contributed by atoms with E-state index in [9.17, 15) is 0 Å². The lowest BCUT2D eigenvalue weighted by atomic mass is 9.96. The van der Waals surface area contributed by atoms with Crippen molar-refractivity contribution in [3.63, 3.8) is 0 Å². The molecule has 128 valence electrons. The highest BCUT2D eigenvalue weighted by Crippen LogP contribution is 2.47. The number of nitrogens with zero attached hydrogens (tertiary/aromatic N) is 1. The molecule has 1 saturated heterocycles. The molecule has 0 spiro atoms. The van der Waals surface area contributed by atoms with Crippen LogP contribution in [0, 0.1) is 0 Å². The van der Waals surface area contributed by atoms with Crippen LogP contribution in [-0.2, 0) is 5.41 Å². The maximum Gasteiger partial charge on any atom is 0.191 e. The molecule has 2 fully saturated rings. The van der Waals surface area contributed by atoms with Crippen LogP contribution in [0.25, 0.3) is 0 Å². The van der Waals surface area contributed by atoms with Crippen LogP contribution in [0.3, 0.4) is 0 Å². The molecular formula is C17H25ClIN3S. The van der Waals surface area contributed by atoms with Gasteiger partial charge in [0.05, 0.1) is 0 Å². The number of guanidine groups is 1. The van der Waals surface area contributed by atoms with E-state index in [1.165, 1.54) is 37.0 Å². The lowest BCUT2D eigenvalue weighted by molar-refractivity contribution is 0.641. The largest absolute Gasteiger partial charge is 0.356 e. The summed E-state index contributed by atoms with van der Waals surface area (Å²) in [4.78, 5) is 4.35. The van der Waals surface area contributed by atoms with E-state index in [2.05, 4.69) is 39.5 Å². The number of aliphatic imine (C=N–C) groups is 1. The van der Waals surface area contributed by atoms with Gasteiger partial charge in [0.1, 0.15) is 0 Å². The molecule has 1 saturated carbocycles. The molecule has 0 bridgehead atoms.